The van der Waals surface area contributed by atoms with E-state index >= 15 is 0 Å². The summed E-state index contributed by atoms with van der Waals surface area (Å²) in [7, 11) is 2.10. The molecule has 0 unspecified atom stereocenters. The Labute approximate surface area is 174 Å². The first kappa shape index (κ1) is 18.5. The van der Waals surface area contributed by atoms with E-state index in [-0.39, 0.29) is 24.0 Å². The molecule has 2 aromatic carbocycles. The zero-order chi connectivity index (χ0) is 16.7. The molecule has 0 amide bonds. The van der Waals surface area contributed by atoms with Crippen molar-refractivity contribution in [3.05, 3.63) is 70.3 Å². The Morgan fingerprint density at radius 3 is 2.72 bits per heavy atom. The molecule has 0 fully saturated rings. The number of aryl methyl sites for hydroxylation is 1. The molecule has 0 spiro atoms. The van der Waals surface area contributed by atoms with Crippen molar-refractivity contribution in [2.24, 2.45) is 0 Å². The van der Waals surface area contributed by atoms with E-state index in [1.807, 2.05) is 12.1 Å². The predicted molar refractivity (Wildman–Crippen MR) is 104 cm³/mol. The molecule has 0 saturated carbocycles. The number of benzene rings is 2. The van der Waals surface area contributed by atoms with Crippen LogP contribution in [0.3, 0.4) is 0 Å². The fourth-order valence-corrected chi connectivity index (χ4v) is 4.39. The Bertz CT molecular complexity index is 971. The third-order valence-electron chi connectivity index (χ3n) is 4.39. The van der Waals surface area contributed by atoms with Gasteiger partial charge in [-0.05, 0) is 37.3 Å². The SMILES string of the molecule is CC[n+]1c(/C=C2\Sc3ccc(Cl)cc3N2C)ccc2ccccc21.[I-]. The smallest absolute Gasteiger partial charge is 0.212 e. The Morgan fingerprint density at radius 1 is 1.12 bits per heavy atom. The van der Waals surface area contributed by atoms with Gasteiger partial charge in [0, 0.05) is 40.6 Å². The average Bonchev–Trinajstić information content (AvgIpc) is 2.90. The number of anilines is 1. The molecule has 1 aliphatic rings. The molecule has 2 nitrogen and oxygen atoms in total. The third kappa shape index (κ3) is 3.39. The summed E-state index contributed by atoms with van der Waals surface area (Å²) in [5.74, 6) is 0. The fraction of sp³-hybridized carbons (Fsp3) is 0.150. The number of nitrogens with zero attached hydrogens (tertiary/aromatic N) is 2. The van der Waals surface area contributed by atoms with E-state index in [1.165, 1.54) is 32.2 Å². The van der Waals surface area contributed by atoms with Gasteiger partial charge >= 0.3 is 0 Å². The van der Waals surface area contributed by atoms with Gasteiger partial charge in [0.25, 0.3) is 0 Å². The van der Waals surface area contributed by atoms with Crippen LogP contribution >= 0.6 is 23.4 Å². The molecule has 1 aromatic heterocycles. The van der Waals surface area contributed by atoms with Crippen LogP contribution in [0, 0.1) is 0 Å². The van der Waals surface area contributed by atoms with E-state index in [4.69, 9.17) is 11.6 Å². The van der Waals surface area contributed by atoms with Gasteiger partial charge in [0.2, 0.25) is 11.2 Å². The van der Waals surface area contributed by atoms with Crippen molar-refractivity contribution in [1.29, 1.82) is 0 Å². The molecular formula is C20H18ClIN2S. The van der Waals surface area contributed by atoms with Crippen LogP contribution < -0.4 is 33.4 Å². The Balaban J connectivity index is 0.00000182. The zero-order valence-corrected chi connectivity index (χ0v) is 17.8. The van der Waals surface area contributed by atoms with Crippen molar-refractivity contribution < 1.29 is 28.5 Å². The molecule has 0 radical (unpaired) electrons. The largest absolute Gasteiger partial charge is 1.00 e. The lowest BCUT2D eigenvalue weighted by Crippen LogP contribution is -3.00. The van der Waals surface area contributed by atoms with Crippen LogP contribution in [0.2, 0.25) is 5.02 Å². The molecule has 1 aliphatic heterocycles. The summed E-state index contributed by atoms with van der Waals surface area (Å²) < 4.78 is 2.35. The zero-order valence-electron chi connectivity index (χ0n) is 14.0. The number of aromatic nitrogens is 1. The highest BCUT2D eigenvalue weighted by Crippen LogP contribution is 2.46. The molecule has 3 aromatic rings. The minimum absolute atomic E-state index is 0. The standard InChI is InChI=1S/C20H18ClN2S.HI/c1-3-23-16(10-8-14-6-4-5-7-17(14)23)13-20-22(2)18-12-15(21)9-11-19(18)24-20;/h4-13H,3H2,1-2H3;1H/q+1;/p-1. The van der Waals surface area contributed by atoms with Gasteiger partial charge in [0.05, 0.1) is 10.7 Å². The Kier molecular flexibility index (Phi) is 5.61. The predicted octanol–water partition coefficient (Wildman–Crippen LogP) is 2.35. The van der Waals surface area contributed by atoms with Gasteiger partial charge in [0.15, 0.2) is 0 Å². The Morgan fingerprint density at radius 2 is 1.92 bits per heavy atom. The van der Waals surface area contributed by atoms with Gasteiger partial charge in [-0.25, -0.2) is 0 Å². The molecule has 0 saturated heterocycles. The lowest BCUT2D eigenvalue weighted by molar-refractivity contribution is -0.669. The Hall–Kier alpha value is -1.24. The first-order chi connectivity index (χ1) is 11.7. The number of hydrogen-bond donors (Lipinski definition) is 0. The van der Waals surface area contributed by atoms with Crippen molar-refractivity contribution in [1.82, 2.24) is 0 Å². The molecule has 5 heteroatoms. The molecular weight excluding hydrogens is 463 g/mol. The first-order valence-electron chi connectivity index (χ1n) is 8.02. The van der Waals surface area contributed by atoms with Crippen molar-refractivity contribution in [3.63, 3.8) is 0 Å². The summed E-state index contributed by atoms with van der Waals surface area (Å²) in [6, 6.07) is 19.0. The van der Waals surface area contributed by atoms with E-state index in [2.05, 4.69) is 72.0 Å². The highest BCUT2D eigenvalue weighted by atomic mass is 127. The highest BCUT2D eigenvalue weighted by Gasteiger charge is 2.24. The molecule has 0 aliphatic carbocycles. The third-order valence-corrected chi connectivity index (χ3v) is 5.79. The van der Waals surface area contributed by atoms with Gasteiger partial charge in [-0.1, -0.05) is 35.5 Å². The topological polar surface area (TPSA) is 7.12 Å². The minimum atomic E-state index is 0. The highest BCUT2D eigenvalue weighted by molar-refractivity contribution is 8.03. The summed E-state index contributed by atoms with van der Waals surface area (Å²) in [5, 5.41) is 3.26. The average molecular weight is 481 g/mol. The first-order valence-corrected chi connectivity index (χ1v) is 9.21. The van der Waals surface area contributed by atoms with Gasteiger partial charge in [0.1, 0.15) is 6.54 Å². The second-order valence-corrected chi connectivity index (χ2v) is 7.32. The van der Waals surface area contributed by atoms with E-state index in [0.29, 0.717) is 0 Å². The van der Waals surface area contributed by atoms with Crippen molar-refractivity contribution in [2.45, 2.75) is 18.4 Å². The number of rotatable bonds is 2. The van der Waals surface area contributed by atoms with Gasteiger partial charge in [-0.2, -0.15) is 4.57 Å². The summed E-state index contributed by atoms with van der Waals surface area (Å²) in [5.41, 5.74) is 3.65. The number of para-hydroxylation sites is 1. The summed E-state index contributed by atoms with van der Waals surface area (Å²) >= 11 is 7.94. The van der Waals surface area contributed by atoms with Crippen LogP contribution in [0.15, 0.2) is 64.5 Å². The summed E-state index contributed by atoms with van der Waals surface area (Å²) in [4.78, 5) is 3.46. The van der Waals surface area contributed by atoms with Crippen LogP contribution in [-0.4, -0.2) is 7.05 Å². The van der Waals surface area contributed by atoms with Crippen LogP contribution in [0.1, 0.15) is 12.6 Å². The van der Waals surface area contributed by atoms with Gasteiger partial charge in [-0.3, -0.25) is 0 Å². The molecule has 0 bridgehead atoms. The molecule has 4 rings (SSSR count). The maximum Gasteiger partial charge on any atom is 0.212 e. The van der Waals surface area contributed by atoms with Gasteiger partial charge in [-0.15, -0.1) is 0 Å². The minimum Gasteiger partial charge on any atom is -1.00 e. The fourth-order valence-electron chi connectivity index (χ4n) is 3.15. The van der Waals surface area contributed by atoms with Crippen LogP contribution in [0.25, 0.3) is 17.0 Å². The van der Waals surface area contributed by atoms with E-state index in [0.717, 1.165) is 11.6 Å². The molecule has 0 N–H and O–H groups in total. The second kappa shape index (κ2) is 7.56. The normalized spacial score (nSPS) is 14.7. The molecule has 0 atom stereocenters. The molecule has 128 valence electrons. The van der Waals surface area contributed by atoms with Crippen LogP contribution in [-0.2, 0) is 6.54 Å². The number of pyridine rings is 1. The van der Waals surface area contributed by atoms with E-state index in [1.54, 1.807) is 11.8 Å². The number of thioether (sulfide) groups is 1. The maximum atomic E-state index is 6.15. The lowest BCUT2D eigenvalue weighted by atomic mass is 10.2. The lowest BCUT2D eigenvalue weighted by Gasteiger charge is -2.13. The molecule has 25 heavy (non-hydrogen) atoms. The summed E-state index contributed by atoms with van der Waals surface area (Å²) in [6.45, 7) is 3.13. The van der Waals surface area contributed by atoms with Crippen LogP contribution in [0.5, 0.6) is 0 Å². The molecule has 2 heterocycles. The van der Waals surface area contributed by atoms with E-state index in [9.17, 15) is 0 Å². The van der Waals surface area contributed by atoms with Crippen molar-refractivity contribution >= 4 is 46.0 Å². The van der Waals surface area contributed by atoms with Gasteiger partial charge < -0.3 is 28.9 Å². The number of fused-ring (bicyclic) bond motifs is 2. The van der Waals surface area contributed by atoms with Crippen molar-refractivity contribution in [3.8, 4) is 0 Å². The summed E-state index contributed by atoms with van der Waals surface area (Å²) in [6.07, 6.45) is 2.26. The quantitative estimate of drug-likeness (QED) is 0.411. The second-order valence-electron chi connectivity index (χ2n) is 5.82. The number of halogens is 2. The van der Waals surface area contributed by atoms with E-state index < -0.39 is 0 Å². The van der Waals surface area contributed by atoms with Crippen LogP contribution in [0.4, 0.5) is 5.69 Å². The van der Waals surface area contributed by atoms with Crippen molar-refractivity contribution in [2.75, 3.05) is 11.9 Å². The monoisotopic (exact) mass is 480 g/mol. The number of hydrogen-bond acceptors (Lipinski definition) is 2. The maximum absolute atomic E-state index is 6.15.